The van der Waals surface area contributed by atoms with Crippen molar-refractivity contribution >= 4 is 16.9 Å². The molecule has 7 heteroatoms. The van der Waals surface area contributed by atoms with Gasteiger partial charge in [-0.15, -0.1) is 0 Å². The van der Waals surface area contributed by atoms with E-state index in [2.05, 4.69) is 37.7 Å². The molecular formula is C24H25N5O2. The Bertz CT molecular complexity index is 1200. The Morgan fingerprint density at radius 1 is 1.06 bits per heavy atom. The number of hydrogen-bond acceptors (Lipinski definition) is 6. The lowest BCUT2D eigenvalue weighted by Gasteiger charge is -2.18. The lowest BCUT2D eigenvalue weighted by atomic mass is 10.0. The first-order valence-corrected chi connectivity index (χ1v) is 10.5. The van der Waals surface area contributed by atoms with Gasteiger partial charge in [-0.25, -0.2) is 9.97 Å². The average molecular weight is 415 g/mol. The molecule has 0 saturated heterocycles. The number of pyridine rings is 2. The van der Waals surface area contributed by atoms with Gasteiger partial charge in [0.05, 0.1) is 12.0 Å². The van der Waals surface area contributed by atoms with Crippen LogP contribution in [0.4, 0.5) is 5.82 Å². The lowest BCUT2D eigenvalue weighted by molar-refractivity contribution is 0.210. The lowest BCUT2D eigenvalue weighted by Crippen LogP contribution is -2.23. The predicted molar refractivity (Wildman–Crippen MR) is 122 cm³/mol. The van der Waals surface area contributed by atoms with Gasteiger partial charge in [0.2, 0.25) is 0 Å². The van der Waals surface area contributed by atoms with Crippen molar-refractivity contribution in [3.8, 4) is 22.6 Å². The summed E-state index contributed by atoms with van der Waals surface area (Å²) in [5.41, 5.74) is 5.53. The smallest absolute Gasteiger partial charge is 0.141 e. The summed E-state index contributed by atoms with van der Waals surface area (Å²) < 4.78 is 11.5. The summed E-state index contributed by atoms with van der Waals surface area (Å²) in [7, 11) is 1.69. The van der Waals surface area contributed by atoms with Crippen LogP contribution < -0.4 is 15.4 Å². The van der Waals surface area contributed by atoms with Gasteiger partial charge in [0.15, 0.2) is 0 Å². The van der Waals surface area contributed by atoms with E-state index in [0.717, 1.165) is 59.0 Å². The number of methoxy groups -OCH3 is 1. The standard InChI is InChI=1S/C24H25N5O2/c1-30-11-10-27-22-13-17(5-8-26-22)20-15-29-24-23(20)21(6-9-28-24)31-19-3-2-16-4-7-25-14-18(16)12-19/h2-3,5-6,8-9,12-13,15,25H,4,7,10-11,14H2,1H3,(H,26,27)(H,28,29). The zero-order valence-corrected chi connectivity index (χ0v) is 17.4. The van der Waals surface area contributed by atoms with Crippen LogP contribution in [0, 0.1) is 0 Å². The molecule has 0 unspecified atom stereocenters. The fourth-order valence-electron chi connectivity index (χ4n) is 3.96. The summed E-state index contributed by atoms with van der Waals surface area (Å²) in [4.78, 5) is 12.2. The van der Waals surface area contributed by atoms with Gasteiger partial charge < -0.3 is 25.1 Å². The third-order valence-corrected chi connectivity index (χ3v) is 5.51. The Balaban J connectivity index is 1.49. The molecule has 1 aliphatic heterocycles. The first-order chi connectivity index (χ1) is 15.3. The normalized spacial score (nSPS) is 13.2. The zero-order valence-electron chi connectivity index (χ0n) is 17.4. The molecule has 7 nitrogen and oxygen atoms in total. The van der Waals surface area contributed by atoms with Crippen LogP contribution in [-0.2, 0) is 17.7 Å². The van der Waals surface area contributed by atoms with Crippen molar-refractivity contribution in [3.05, 3.63) is 66.1 Å². The number of nitrogens with zero attached hydrogens (tertiary/aromatic N) is 2. The number of nitrogens with one attached hydrogen (secondary N) is 3. The number of ether oxygens (including phenoxy) is 2. The van der Waals surface area contributed by atoms with E-state index in [1.807, 2.05) is 30.5 Å². The van der Waals surface area contributed by atoms with Crippen LogP contribution in [0.2, 0.25) is 0 Å². The largest absolute Gasteiger partial charge is 0.457 e. The van der Waals surface area contributed by atoms with Gasteiger partial charge in [0.1, 0.15) is 23.0 Å². The van der Waals surface area contributed by atoms with Crippen LogP contribution in [0.5, 0.6) is 11.5 Å². The molecule has 0 fully saturated rings. The summed E-state index contributed by atoms with van der Waals surface area (Å²) in [5, 5.41) is 7.65. The highest BCUT2D eigenvalue weighted by Crippen LogP contribution is 2.37. The number of aromatic nitrogens is 3. The second-order valence-electron chi connectivity index (χ2n) is 7.54. The molecule has 0 aliphatic carbocycles. The Hall–Kier alpha value is -3.42. The Morgan fingerprint density at radius 2 is 2.00 bits per heavy atom. The SMILES string of the molecule is COCCNc1cc(-c2c[nH]c3nccc(Oc4ccc5c(c4)CNCC5)c23)ccn1. The van der Waals surface area contributed by atoms with Crippen LogP contribution >= 0.6 is 0 Å². The minimum atomic E-state index is 0.622. The maximum atomic E-state index is 6.35. The fraction of sp³-hybridized carbons (Fsp3) is 0.250. The molecule has 3 N–H and O–H groups in total. The molecule has 3 aromatic heterocycles. The van der Waals surface area contributed by atoms with Gasteiger partial charge in [-0.05, 0) is 60.0 Å². The Morgan fingerprint density at radius 3 is 2.94 bits per heavy atom. The molecule has 5 rings (SSSR count). The van der Waals surface area contributed by atoms with Crippen molar-refractivity contribution in [1.29, 1.82) is 0 Å². The molecule has 158 valence electrons. The zero-order chi connectivity index (χ0) is 21.0. The van der Waals surface area contributed by atoms with Gasteiger partial charge >= 0.3 is 0 Å². The van der Waals surface area contributed by atoms with E-state index in [4.69, 9.17) is 9.47 Å². The summed E-state index contributed by atoms with van der Waals surface area (Å²) in [6.45, 7) is 3.23. The van der Waals surface area contributed by atoms with E-state index in [0.29, 0.717) is 13.2 Å². The number of H-pyrrole nitrogens is 1. The van der Waals surface area contributed by atoms with E-state index in [1.54, 1.807) is 19.5 Å². The highest BCUT2D eigenvalue weighted by Gasteiger charge is 2.15. The molecule has 4 aromatic rings. The van der Waals surface area contributed by atoms with E-state index in [1.165, 1.54) is 11.1 Å². The number of hydrogen-bond donors (Lipinski definition) is 3. The van der Waals surface area contributed by atoms with Crippen LogP contribution in [0.1, 0.15) is 11.1 Å². The van der Waals surface area contributed by atoms with Crippen LogP contribution in [-0.4, -0.2) is 41.8 Å². The fourth-order valence-corrected chi connectivity index (χ4v) is 3.96. The molecule has 31 heavy (non-hydrogen) atoms. The first-order valence-electron chi connectivity index (χ1n) is 10.5. The van der Waals surface area contributed by atoms with Crippen molar-refractivity contribution in [3.63, 3.8) is 0 Å². The quantitative estimate of drug-likeness (QED) is 0.394. The second kappa shape index (κ2) is 8.75. The van der Waals surface area contributed by atoms with E-state index >= 15 is 0 Å². The monoisotopic (exact) mass is 415 g/mol. The molecule has 4 heterocycles. The molecule has 0 amide bonds. The number of aromatic amines is 1. The topological polar surface area (TPSA) is 84.1 Å². The highest BCUT2D eigenvalue weighted by atomic mass is 16.5. The Kier molecular flexibility index (Phi) is 5.52. The van der Waals surface area contributed by atoms with Gasteiger partial charge in [0.25, 0.3) is 0 Å². The molecular weight excluding hydrogens is 390 g/mol. The van der Waals surface area contributed by atoms with Gasteiger partial charge in [0, 0.05) is 44.4 Å². The molecule has 0 atom stereocenters. The third-order valence-electron chi connectivity index (χ3n) is 5.51. The van der Waals surface area contributed by atoms with Crippen LogP contribution in [0.15, 0.2) is 55.0 Å². The summed E-state index contributed by atoms with van der Waals surface area (Å²) in [6, 6.07) is 12.3. The van der Waals surface area contributed by atoms with Gasteiger partial charge in [-0.3, -0.25) is 0 Å². The predicted octanol–water partition coefficient (Wildman–Crippen LogP) is 4.12. The van der Waals surface area contributed by atoms with E-state index in [9.17, 15) is 0 Å². The van der Waals surface area contributed by atoms with Crippen LogP contribution in [0.25, 0.3) is 22.2 Å². The molecule has 1 aliphatic rings. The van der Waals surface area contributed by atoms with Gasteiger partial charge in [-0.1, -0.05) is 6.07 Å². The maximum Gasteiger partial charge on any atom is 0.141 e. The first kappa shape index (κ1) is 19.5. The van der Waals surface area contributed by atoms with Crippen molar-refractivity contribution < 1.29 is 9.47 Å². The number of anilines is 1. The van der Waals surface area contributed by atoms with Crippen molar-refractivity contribution in [2.75, 3.05) is 32.1 Å². The Labute approximate surface area is 180 Å². The summed E-state index contributed by atoms with van der Waals surface area (Å²) in [6.07, 6.45) is 6.59. The third kappa shape index (κ3) is 4.10. The molecule has 0 spiro atoms. The summed E-state index contributed by atoms with van der Waals surface area (Å²) in [5.74, 6) is 2.41. The van der Waals surface area contributed by atoms with Crippen molar-refractivity contribution in [2.24, 2.45) is 0 Å². The van der Waals surface area contributed by atoms with Crippen molar-refractivity contribution in [1.82, 2.24) is 20.3 Å². The van der Waals surface area contributed by atoms with E-state index < -0.39 is 0 Å². The highest BCUT2D eigenvalue weighted by molar-refractivity contribution is 5.98. The second-order valence-corrected chi connectivity index (χ2v) is 7.54. The molecule has 0 radical (unpaired) electrons. The molecule has 0 saturated carbocycles. The minimum absolute atomic E-state index is 0.622. The van der Waals surface area contributed by atoms with Gasteiger partial charge in [-0.2, -0.15) is 0 Å². The number of rotatable bonds is 7. The number of benzene rings is 1. The number of fused-ring (bicyclic) bond motifs is 2. The average Bonchev–Trinajstić information content (AvgIpc) is 3.25. The molecule has 1 aromatic carbocycles. The molecule has 0 bridgehead atoms. The van der Waals surface area contributed by atoms with Crippen LogP contribution in [0.3, 0.4) is 0 Å². The van der Waals surface area contributed by atoms with E-state index in [-0.39, 0.29) is 0 Å². The summed E-state index contributed by atoms with van der Waals surface area (Å²) >= 11 is 0. The minimum Gasteiger partial charge on any atom is -0.457 e. The van der Waals surface area contributed by atoms with Crippen molar-refractivity contribution in [2.45, 2.75) is 13.0 Å². The maximum absolute atomic E-state index is 6.35.